The number of hydrogen-bond acceptors (Lipinski definition) is 3. The van der Waals surface area contributed by atoms with Crippen molar-refractivity contribution in [3.05, 3.63) is 11.8 Å². The Balaban J connectivity index is 3.56. The smallest absolute Gasteiger partial charge is 0.387 e. The summed E-state index contributed by atoms with van der Waals surface area (Å²) >= 11 is 0. The lowest BCUT2D eigenvalue weighted by molar-refractivity contribution is 0.247. The molecule has 0 radical (unpaired) electrons. The van der Waals surface area contributed by atoms with Gasteiger partial charge in [0.1, 0.15) is 0 Å². The molecule has 0 bridgehead atoms. The molecule has 0 aromatic rings. The monoisotopic (exact) mass is 120 g/mol. The van der Waals surface area contributed by atoms with Gasteiger partial charge in [-0.25, -0.2) is 0 Å². The fourth-order valence-corrected chi connectivity index (χ4v) is 0.671. The first kappa shape index (κ1) is 6.84. The molecule has 0 unspecified atom stereocenters. The molecule has 0 saturated heterocycles. The van der Waals surface area contributed by atoms with E-state index < -0.39 is 8.80 Å². The lowest BCUT2D eigenvalue weighted by Gasteiger charge is -1.98. The summed E-state index contributed by atoms with van der Waals surface area (Å²) in [7, 11) is -3.84. The van der Waals surface area contributed by atoms with E-state index in [1.54, 1.807) is 6.92 Å². The van der Waals surface area contributed by atoms with Crippen LogP contribution in [0.5, 0.6) is 0 Å². The Labute approximate surface area is 42.9 Å². The first-order valence-electron chi connectivity index (χ1n) is 1.87. The first-order valence-corrected chi connectivity index (χ1v) is 3.79. The molecule has 7 heavy (non-hydrogen) atoms. The van der Waals surface area contributed by atoms with Gasteiger partial charge in [-0.3, -0.25) is 0 Å². The van der Waals surface area contributed by atoms with E-state index in [1.807, 2.05) is 0 Å². The predicted octanol–water partition coefficient (Wildman–Crippen LogP) is -0.982. The highest BCUT2D eigenvalue weighted by Crippen LogP contribution is 1.84. The van der Waals surface area contributed by atoms with E-state index in [-0.39, 0.29) is 0 Å². The summed E-state index contributed by atoms with van der Waals surface area (Å²) in [5.41, 5.74) is 0.993. The zero-order valence-electron chi connectivity index (χ0n) is 4.00. The minimum atomic E-state index is -3.84. The second-order valence-electron chi connectivity index (χ2n) is 1.19. The topological polar surface area (TPSA) is 60.7 Å². The maximum absolute atomic E-state index is 8.18. The molecule has 42 valence electrons. The maximum atomic E-state index is 8.18. The maximum Gasteiger partial charge on any atom is 0.521 e. The summed E-state index contributed by atoms with van der Waals surface area (Å²) in [4.78, 5) is 24.5. The second-order valence-corrected chi connectivity index (χ2v) is 2.90. The molecule has 4 heteroatoms. The van der Waals surface area contributed by atoms with Crippen LogP contribution in [0.1, 0.15) is 6.92 Å². The van der Waals surface area contributed by atoms with Gasteiger partial charge in [0.2, 0.25) is 0 Å². The highest BCUT2D eigenvalue weighted by molar-refractivity contribution is 6.61. The largest absolute Gasteiger partial charge is 0.521 e. The highest BCUT2D eigenvalue weighted by atomic mass is 28.4. The van der Waals surface area contributed by atoms with Crippen LogP contribution in [0.15, 0.2) is 11.8 Å². The molecule has 0 aromatic heterocycles. The van der Waals surface area contributed by atoms with Gasteiger partial charge in [0.25, 0.3) is 0 Å². The molecule has 0 spiro atoms. The van der Waals surface area contributed by atoms with Crippen molar-refractivity contribution in [1.82, 2.24) is 0 Å². The molecule has 0 aliphatic rings. The van der Waals surface area contributed by atoms with Gasteiger partial charge in [-0.2, -0.15) is 0 Å². The summed E-state index contributed by atoms with van der Waals surface area (Å²) in [6.45, 7) is 1.60. The molecular formula is C3H8O3Si. The van der Waals surface area contributed by atoms with Crippen molar-refractivity contribution in [3.63, 3.8) is 0 Å². The molecule has 3 nitrogen and oxygen atoms in total. The summed E-state index contributed by atoms with van der Waals surface area (Å²) in [5.74, 6) is 0. The third-order valence-electron chi connectivity index (χ3n) is 0.390. The molecular weight excluding hydrogens is 112 g/mol. The van der Waals surface area contributed by atoms with E-state index >= 15 is 0 Å². The van der Waals surface area contributed by atoms with Gasteiger partial charge in [-0.1, -0.05) is 6.08 Å². The van der Waals surface area contributed by atoms with E-state index in [9.17, 15) is 0 Å². The van der Waals surface area contributed by atoms with Crippen molar-refractivity contribution in [1.29, 1.82) is 0 Å². The van der Waals surface area contributed by atoms with Crippen LogP contribution in [0, 0.1) is 0 Å². The van der Waals surface area contributed by atoms with Gasteiger partial charge in [-0.15, -0.1) is 0 Å². The van der Waals surface area contributed by atoms with Gasteiger partial charge < -0.3 is 14.4 Å². The molecule has 0 rings (SSSR count). The lowest BCUT2D eigenvalue weighted by Crippen LogP contribution is -2.31. The van der Waals surface area contributed by atoms with Crippen molar-refractivity contribution in [3.8, 4) is 0 Å². The SMILES string of the molecule is C/C=C/[Si](O)(O)O. The van der Waals surface area contributed by atoms with Crippen LogP contribution in [0.25, 0.3) is 0 Å². The van der Waals surface area contributed by atoms with Crippen molar-refractivity contribution < 1.29 is 14.4 Å². The Bertz CT molecular complexity index is 72.7. The minimum absolute atomic E-state index is 0.993. The molecule has 0 aromatic carbocycles. The van der Waals surface area contributed by atoms with E-state index in [1.165, 1.54) is 6.08 Å². The summed E-state index contributed by atoms with van der Waals surface area (Å²) in [6.07, 6.45) is 1.40. The third-order valence-corrected chi connectivity index (χ3v) is 1.17. The number of hydrogen-bond donors (Lipinski definition) is 3. The molecule has 0 saturated carbocycles. The van der Waals surface area contributed by atoms with Crippen LogP contribution in [-0.2, 0) is 0 Å². The van der Waals surface area contributed by atoms with Crippen LogP contribution >= 0.6 is 0 Å². The van der Waals surface area contributed by atoms with Crippen LogP contribution in [0.3, 0.4) is 0 Å². The molecule has 0 aliphatic heterocycles. The fourth-order valence-electron chi connectivity index (χ4n) is 0.224. The second kappa shape index (κ2) is 2.22. The van der Waals surface area contributed by atoms with Gasteiger partial charge >= 0.3 is 8.80 Å². The van der Waals surface area contributed by atoms with Crippen LogP contribution in [0.2, 0.25) is 0 Å². The number of rotatable bonds is 1. The van der Waals surface area contributed by atoms with Crippen molar-refractivity contribution in [2.45, 2.75) is 6.92 Å². The Hall–Kier alpha value is -0.163. The molecule has 0 aliphatic carbocycles. The summed E-state index contributed by atoms with van der Waals surface area (Å²) in [6, 6.07) is 0. The Morgan fingerprint density at radius 2 is 1.71 bits per heavy atom. The Morgan fingerprint density at radius 3 is 1.71 bits per heavy atom. The normalized spacial score (nSPS) is 13.1. The average molecular weight is 120 g/mol. The number of allylic oxidation sites excluding steroid dienone is 1. The Morgan fingerprint density at radius 1 is 1.29 bits per heavy atom. The predicted molar refractivity (Wildman–Crippen MR) is 27.2 cm³/mol. The molecule has 0 fully saturated rings. The third kappa shape index (κ3) is 5.84. The van der Waals surface area contributed by atoms with Gasteiger partial charge in [0.15, 0.2) is 0 Å². The zero-order chi connectivity index (χ0) is 5.91. The van der Waals surface area contributed by atoms with E-state index in [0.29, 0.717) is 0 Å². The van der Waals surface area contributed by atoms with Crippen LogP contribution in [-0.4, -0.2) is 23.2 Å². The summed E-state index contributed by atoms with van der Waals surface area (Å²) in [5, 5.41) is 0. The standard InChI is InChI=1S/C3H8O3Si/c1-2-3-7(4,5)6/h2-6H,1H3/b3-2+. The highest BCUT2D eigenvalue weighted by Gasteiger charge is 2.20. The average Bonchev–Trinajstić information content (AvgIpc) is 1.30. The van der Waals surface area contributed by atoms with Gasteiger partial charge in [0.05, 0.1) is 0 Å². The molecule has 0 heterocycles. The first-order chi connectivity index (χ1) is 3.06. The van der Waals surface area contributed by atoms with Crippen molar-refractivity contribution >= 4 is 8.80 Å². The van der Waals surface area contributed by atoms with E-state index in [0.717, 1.165) is 5.70 Å². The van der Waals surface area contributed by atoms with Crippen LogP contribution < -0.4 is 0 Å². The van der Waals surface area contributed by atoms with Crippen LogP contribution in [0.4, 0.5) is 0 Å². The van der Waals surface area contributed by atoms with E-state index in [2.05, 4.69) is 0 Å². The molecule has 0 amide bonds. The lowest BCUT2D eigenvalue weighted by atomic mass is 10.8. The molecule has 3 N–H and O–H groups in total. The van der Waals surface area contributed by atoms with Gasteiger partial charge in [-0.05, 0) is 12.6 Å². The van der Waals surface area contributed by atoms with E-state index in [4.69, 9.17) is 14.4 Å². The van der Waals surface area contributed by atoms with Crippen molar-refractivity contribution in [2.24, 2.45) is 0 Å². The summed E-state index contributed by atoms with van der Waals surface area (Å²) < 4.78 is 0. The zero-order valence-corrected chi connectivity index (χ0v) is 5.00. The fraction of sp³-hybridized carbons (Fsp3) is 0.333. The minimum Gasteiger partial charge on any atom is -0.387 e. The quantitative estimate of drug-likeness (QED) is 0.390. The Kier molecular flexibility index (Phi) is 2.17. The molecule has 0 atom stereocenters. The van der Waals surface area contributed by atoms with Gasteiger partial charge in [0, 0.05) is 0 Å². The van der Waals surface area contributed by atoms with Crippen molar-refractivity contribution in [2.75, 3.05) is 0 Å².